The van der Waals surface area contributed by atoms with Gasteiger partial charge in [-0.2, -0.15) is 0 Å². The Labute approximate surface area is 148 Å². The molecular formula is C19H26N2O4. The summed E-state index contributed by atoms with van der Waals surface area (Å²) in [4.78, 5) is 35.1. The van der Waals surface area contributed by atoms with Crippen LogP contribution in [0.3, 0.4) is 0 Å². The Balaban J connectivity index is 1.55. The van der Waals surface area contributed by atoms with E-state index in [0.717, 1.165) is 31.2 Å². The molecule has 25 heavy (non-hydrogen) atoms. The van der Waals surface area contributed by atoms with Crippen molar-refractivity contribution in [3.63, 3.8) is 0 Å². The van der Waals surface area contributed by atoms with E-state index in [1.165, 1.54) is 6.42 Å². The topological polar surface area (TPSA) is 84.5 Å². The van der Waals surface area contributed by atoms with Crippen LogP contribution in [0.25, 0.3) is 0 Å². The van der Waals surface area contributed by atoms with E-state index < -0.39 is 11.8 Å². The second-order valence-electron chi connectivity index (χ2n) is 6.32. The smallest absolute Gasteiger partial charge is 0.374 e. The number of hydrogen-bond donors (Lipinski definition) is 2. The van der Waals surface area contributed by atoms with Crippen LogP contribution in [0.2, 0.25) is 0 Å². The summed E-state index contributed by atoms with van der Waals surface area (Å²) in [7, 11) is 0. The molecule has 0 aromatic heterocycles. The highest BCUT2D eigenvalue weighted by molar-refractivity contribution is 6.33. The molecule has 2 rings (SSSR count). The number of Topliss-reactive ketones (excluding diaryl/α,β-unsaturated/α-hetero) is 1. The number of ketones is 1. The van der Waals surface area contributed by atoms with Crippen molar-refractivity contribution in [1.29, 1.82) is 0 Å². The predicted molar refractivity (Wildman–Crippen MR) is 93.9 cm³/mol. The normalized spacial score (nSPS) is 14.6. The molecule has 1 aromatic carbocycles. The number of benzene rings is 1. The lowest BCUT2D eigenvalue weighted by molar-refractivity contribution is -0.154. The van der Waals surface area contributed by atoms with Gasteiger partial charge >= 0.3 is 12.0 Å². The molecule has 0 saturated heterocycles. The third-order valence-corrected chi connectivity index (χ3v) is 4.25. The fourth-order valence-electron chi connectivity index (χ4n) is 2.84. The summed E-state index contributed by atoms with van der Waals surface area (Å²) in [5.74, 6) is -1.39. The van der Waals surface area contributed by atoms with Gasteiger partial charge in [0.05, 0.1) is 0 Å². The van der Waals surface area contributed by atoms with Gasteiger partial charge < -0.3 is 15.4 Å². The van der Waals surface area contributed by atoms with Gasteiger partial charge in [0, 0.05) is 19.0 Å². The van der Waals surface area contributed by atoms with E-state index in [9.17, 15) is 14.4 Å². The highest BCUT2D eigenvalue weighted by Crippen LogP contribution is 2.17. The molecule has 0 heterocycles. The third-order valence-electron chi connectivity index (χ3n) is 4.25. The number of hydrogen-bond acceptors (Lipinski definition) is 4. The van der Waals surface area contributed by atoms with Crippen molar-refractivity contribution >= 4 is 17.8 Å². The van der Waals surface area contributed by atoms with Gasteiger partial charge in [-0.25, -0.2) is 9.59 Å². The van der Waals surface area contributed by atoms with Crippen LogP contribution >= 0.6 is 0 Å². The molecule has 0 radical (unpaired) electrons. The molecule has 0 unspecified atom stereocenters. The highest BCUT2D eigenvalue weighted by Gasteiger charge is 2.17. The van der Waals surface area contributed by atoms with Gasteiger partial charge in [0.25, 0.3) is 0 Å². The van der Waals surface area contributed by atoms with Crippen molar-refractivity contribution in [2.45, 2.75) is 57.6 Å². The number of carbonyl (C=O) groups excluding carboxylic acids is 3. The summed E-state index contributed by atoms with van der Waals surface area (Å²) in [6.07, 6.45) is 6.09. The van der Waals surface area contributed by atoms with E-state index in [4.69, 9.17) is 4.74 Å². The molecule has 0 aliphatic heterocycles. The summed E-state index contributed by atoms with van der Waals surface area (Å²) in [5.41, 5.74) is 0.838. The lowest BCUT2D eigenvalue weighted by Gasteiger charge is -2.22. The van der Waals surface area contributed by atoms with Crippen LogP contribution in [-0.4, -0.2) is 30.4 Å². The molecular weight excluding hydrogens is 320 g/mol. The Morgan fingerprint density at radius 3 is 2.48 bits per heavy atom. The van der Waals surface area contributed by atoms with Crippen LogP contribution in [0.5, 0.6) is 0 Å². The summed E-state index contributed by atoms with van der Waals surface area (Å²) in [6, 6.07) is 9.26. The fraction of sp³-hybridized carbons (Fsp3) is 0.526. The first-order chi connectivity index (χ1) is 12.1. The van der Waals surface area contributed by atoms with E-state index in [0.29, 0.717) is 13.0 Å². The van der Waals surface area contributed by atoms with Crippen LogP contribution in [0, 0.1) is 0 Å². The Bertz CT molecular complexity index is 568. The Kier molecular flexibility index (Phi) is 7.95. The molecule has 136 valence electrons. The average molecular weight is 346 g/mol. The van der Waals surface area contributed by atoms with E-state index >= 15 is 0 Å². The molecule has 2 N–H and O–H groups in total. The molecule has 0 bridgehead atoms. The minimum Gasteiger partial charge on any atom is -0.455 e. The summed E-state index contributed by atoms with van der Waals surface area (Å²) >= 11 is 0. The van der Waals surface area contributed by atoms with Gasteiger partial charge in [-0.1, -0.05) is 49.6 Å². The van der Waals surface area contributed by atoms with Crippen LogP contribution < -0.4 is 10.6 Å². The van der Waals surface area contributed by atoms with Crippen molar-refractivity contribution in [2.75, 3.05) is 6.54 Å². The van der Waals surface area contributed by atoms with Crippen LogP contribution in [0.15, 0.2) is 30.3 Å². The van der Waals surface area contributed by atoms with Crippen molar-refractivity contribution in [1.82, 2.24) is 10.6 Å². The molecule has 1 aliphatic rings. The SMILES string of the molecule is O=C(NCCCC(=O)C(=O)OCc1ccccc1)NC1CCCCC1. The van der Waals surface area contributed by atoms with Gasteiger partial charge in [0.2, 0.25) is 5.78 Å². The maximum atomic E-state index is 11.8. The Hall–Kier alpha value is -2.37. The van der Waals surface area contributed by atoms with Gasteiger partial charge in [0.1, 0.15) is 6.61 Å². The number of carbonyl (C=O) groups is 3. The monoisotopic (exact) mass is 346 g/mol. The van der Waals surface area contributed by atoms with Crippen LogP contribution in [0.4, 0.5) is 4.79 Å². The van der Waals surface area contributed by atoms with E-state index in [1.54, 1.807) is 0 Å². The van der Waals surface area contributed by atoms with E-state index in [2.05, 4.69) is 10.6 Å². The maximum absolute atomic E-state index is 11.8. The first kappa shape index (κ1) is 19.0. The molecule has 1 aromatic rings. The lowest BCUT2D eigenvalue weighted by atomic mass is 9.96. The number of esters is 1. The van der Waals surface area contributed by atoms with Crippen molar-refractivity contribution < 1.29 is 19.1 Å². The summed E-state index contributed by atoms with van der Waals surface area (Å²) in [5, 5.41) is 5.67. The number of nitrogens with one attached hydrogen (secondary N) is 2. The molecule has 1 fully saturated rings. The first-order valence-electron chi connectivity index (χ1n) is 8.93. The largest absolute Gasteiger partial charge is 0.455 e. The van der Waals surface area contributed by atoms with Crippen LogP contribution in [0.1, 0.15) is 50.5 Å². The van der Waals surface area contributed by atoms with Gasteiger partial charge in [-0.05, 0) is 24.8 Å². The fourth-order valence-corrected chi connectivity index (χ4v) is 2.84. The third kappa shape index (κ3) is 7.37. The molecule has 6 heteroatoms. The van der Waals surface area contributed by atoms with Gasteiger partial charge in [-0.3, -0.25) is 4.79 Å². The number of urea groups is 1. The second-order valence-corrected chi connectivity index (χ2v) is 6.32. The minimum absolute atomic E-state index is 0.0668. The highest BCUT2D eigenvalue weighted by atomic mass is 16.5. The zero-order valence-corrected chi connectivity index (χ0v) is 14.5. The Morgan fingerprint density at radius 2 is 1.76 bits per heavy atom. The zero-order chi connectivity index (χ0) is 17.9. The minimum atomic E-state index is -0.824. The molecule has 1 saturated carbocycles. The van der Waals surface area contributed by atoms with Crippen molar-refractivity contribution in [3.05, 3.63) is 35.9 Å². The average Bonchev–Trinajstić information content (AvgIpc) is 2.64. The predicted octanol–water partition coefficient (Wildman–Crippen LogP) is 2.71. The molecule has 0 atom stereocenters. The van der Waals surface area contributed by atoms with E-state index in [-0.39, 0.29) is 25.1 Å². The lowest BCUT2D eigenvalue weighted by Crippen LogP contribution is -2.43. The van der Waals surface area contributed by atoms with E-state index in [1.807, 2.05) is 30.3 Å². The number of amides is 2. The van der Waals surface area contributed by atoms with Crippen LogP contribution in [-0.2, 0) is 20.9 Å². The molecule has 2 amide bonds. The number of rotatable bonds is 8. The van der Waals surface area contributed by atoms with Gasteiger partial charge in [-0.15, -0.1) is 0 Å². The molecule has 1 aliphatic carbocycles. The zero-order valence-electron chi connectivity index (χ0n) is 14.5. The van der Waals surface area contributed by atoms with Gasteiger partial charge in [0.15, 0.2) is 0 Å². The molecule has 0 spiro atoms. The van der Waals surface area contributed by atoms with Crippen molar-refractivity contribution in [3.8, 4) is 0 Å². The Morgan fingerprint density at radius 1 is 1.04 bits per heavy atom. The second kappa shape index (κ2) is 10.5. The quantitative estimate of drug-likeness (QED) is 0.431. The first-order valence-corrected chi connectivity index (χ1v) is 8.93. The summed E-state index contributed by atoms with van der Waals surface area (Å²) in [6.45, 7) is 0.448. The number of ether oxygens (including phenoxy) is 1. The summed E-state index contributed by atoms with van der Waals surface area (Å²) < 4.78 is 4.98. The van der Waals surface area contributed by atoms with Crippen molar-refractivity contribution in [2.24, 2.45) is 0 Å². The molecule has 6 nitrogen and oxygen atoms in total. The maximum Gasteiger partial charge on any atom is 0.374 e. The standard InChI is InChI=1S/C19H26N2O4/c22-17(18(23)25-14-15-8-3-1-4-9-15)12-7-13-20-19(24)21-16-10-5-2-6-11-16/h1,3-4,8-9,16H,2,5-7,10-14H2,(H2,20,21,24).